The van der Waals surface area contributed by atoms with E-state index in [4.69, 9.17) is 9.47 Å². The Hall–Kier alpha value is -3.66. The lowest BCUT2D eigenvalue weighted by Gasteiger charge is -2.47. The molecule has 1 aliphatic rings. The number of aromatic nitrogens is 3. The minimum Gasteiger partial charge on any atom is -0.497 e. The molecule has 3 aromatic rings. The average molecular weight is 470 g/mol. The standard InChI is InChI=1S/C24H28N4O6/c1-23(2,3)28(22(31)32)14-16(13-24(28,4)21(29)30)34-19-12-20(27-10-6-9-25-27)26-18-11-15(33-5)7-8-17(18)19/h6-12,16H,13-14H2,1-5H3,(H-,29,30,31,32)/p+1/t16-,24+,28?/m1/s1. The predicted octanol–water partition coefficient (Wildman–Crippen LogP) is 3.72. The van der Waals surface area contributed by atoms with Gasteiger partial charge in [-0.05, 0) is 39.0 Å². The number of rotatable bonds is 5. The minimum atomic E-state index is -1.58. The van der Waals surface area contributed by atoms with Crippen LogP contribution < -0.4 is 9.47 Å². The van der Waals surface area contributed by atoms with Gasteiger partial charge in [-0.2, -0.15) is 9.89 Å². The number of benzene rings is 1. The van der Waals surface area contributed by atoms with Crippen LogP contribution in [0.25, 0.3) is 16.7 Å². The molecule has 0 aliphatic carbocycles. The largest absolute Gasteiger partial charge is 0.515 e. The Morgan fingerprint density at radius 2 is 1.97 bits per heavy atom. The number of ether oxygens (including phenoxy) is 2. The second-order valence-corrected chi connectivity index (χ2v) is 9.78. The summed E-state index contributed by atoms with van der Waals surface area (Å²) in [7, 11) is 1.57. The maximum Gasteiger partial charge on any atom is 0.515 e. The van der Waals surface area contributed by atoms with Gasteiger partial charge in [0, 0.05) is 36.8 Å². The van der Waals surface area contributed by atoms with E-state index in [0.717, 1.165) is 0 Å². The molecule has 1 saturated heterocycles. The number of carboxylic acids is 1. The third kappa shape index (κ3) is 3.45. The first-order valence-electron chi connectivity index (χ1n) is 10.9. The molecule has 0 spiro atoms. The number of amides is 1. The third-order valence-corrected chi connectivity index (χ3v) is 6.88. The van der Waals surface area contributed by atoms with Gasteiger partial charge in [0.15, 0.2) is 11.9 Å². The summed E-state index contributed by atoms with van der Waals surface area (Å²) in [5.74, 6) is 0.430. The summed E-state index contributed by atoms with van der Waals surface area (Å²) in [5, 5.41) is 25.4. The summed E-state index contributed by atoms with van der Waals surface area (Å²) in [4.78, 5) is 29.7. The molecule has 10 nitrogen and oxygen atoms in total. The van der Waals surface area contributed by atoms with Crippen LogP contribution in [0.15, 0.2) is 42.7 Å². The number of hydrogen-bond donors (Lipinski definition) is 2. The molecule has 1 aromatic carbocycles. The van der Waals surface area contributed by atoms with Gasteiger partial charge in [0.2, 0.25) is 5.54 Å². The average Bonchev–Trinajstić information content (AvgIpc) is 3.40. The van der Waals surface area contributed by atoms with Crippen molar-refractivity contribution in [2.24, 2.45) is 0 Å². The number of carboxylic acid groups (broad SMARTS) is 2. The van der Waals surface area contributed by atoms with Crippen molar-refractivity contribution in [1.82, 2.24) is 14.8 Å². The van der Waals surface area contributed by atoms with Crippen molar-refractivity contribution in [2.75, 3.05) is 13.7 Å². The van der Waals surface area contributed by atoms with Crippen LogP contribution in [0.1, 0.15) is 34.1 Å². The van der Waals surface area contributed by atoms with Gasteiger partial charge < -0.3 is 19.7 Å². The lowest BCUT2D eigenvalue weighted by molar-refractivity contribution is -0.929. The molecule has 2 N–H and O–H groups in total. The number of pyridine rings is 1. The fourth-order valence-electron chi connectivity index (χ4n) is 5.18. The summed E-state index contributed by atoms with van der Waals surface area (Å²) < 4.78 is 12.7. The molecule has 34 heavy (non-hydrogen) atoms. The van der Waals surface area contributed by atoms with Crippen molar-refractivity contribution in [3.05, 3.63) is 42.7 Å². The Balaban J connectivity index is 1.82. The van der Waals surface area contributed by atoms with Crippen LogP contribution in [0.4, 0.5) is 4.79 Å². The number of carbonyl (C=O) groups is 2. The van der Waals surface area contributed by atoms with Crippen molar-refractivity contribution < 1.29 is 33.8 Å². The Labute approximate surface area is 196 Å². The summed E-state index contributed by atoms with van der Waals surface area (Å²) in [5.41, 5.74) is -1.85. The smallest absolute Gasteiger partial charge is 0.497 e. The van der Waals surface area contributed by atoms with Gasteiger partial charge in [0.05, 0.1) is 19.0 Å². The second kappa shape index (κ2) is 7.98. The highest BCUT2D eigenvalue weighted by molar-refractivity contribution is 5.87. The van der Waals surface area contributed by atoms with E-state index >= 15 is 0 Å². The lowest BCUT2D eigenvalue weighted by atomic mass is 9.90. The van der Waals surface area contributed by atoms with E-state index in [9.17, 15) is 19.8 Å². The molecular formula is C24H29N4O6+. The van der Waals surface area contributed by atoms with Gasteiger partial charge >= 0.3 is 12.1 Å². The monoisotopic (exact) mass is 469 g/mol. The highest BCUT2D eigenvalue weighted by Gasteiger charge is 2.70. The van der Waals surface area contributed by atoms with Crippen LogP contribution in [-0.2, 0) is 4.79 Å². The molecule has 2 aromatic heterocycles. The van der Waals surface area contributed by atoms with E-state index < -0.39 is 33.7 Å². The first-order valence-corrected chi connectivity index (χ1v) is 10.9. The van der Waals surface area contributed by atoms with Crippen molar-refractivity contribution in [1.29, 1.82) is 0 Å². The number of quaternary nitrogens is 1. The third-order valence-electron chi connectivity index (χ3n) is 6.88. The van der Waals surface area contributed by atoms with Gasteiger partial charge in [-0.25, -0.2) is 18.9 Å². The first-order chi connectivity index (χ1) is 15.9. The van der Waals surface area contributed by atoms with Gasteiger partial charge in [0.1, 0.15) is 23.6 Å². The molecule has 0 radical (unpaired) electrons. The van der Waals surface area contributed by atoms with E-state index in [1.807, 2.05) is 6.07 Å². The summed E-state index contributed by atoms with van der Waals surface area (Å²) in [6.45, 7) is 6.72. The second-order valence-electron chi connectivity index (χ2n) is 9.78. The van der Waals surface area contributed by atoms with Gasteiger partial charge in [-0.15, -0.1) is 0 Å². The van der Waals surface area contributed by atoms with Crippen LogP contribution in [-0.4, -0.2) is 72.4 Å². The molecule has 4 rings (SSSR count). The maximum atomic E-state index is 12.6. The van der Waals surface area contributed by atoms with Crippen LogP contribution in [0, 0.1) is 0 Å². The number of hydrogen-bond acceptors (Lipinski definition) is 6. The van der Waals surface area contributed by atoms with Gasteiger partial charge in [-0.1, -0.05) is 0 Å². The highest BCUT2D eigenvalue weighted by Crippen LogP contribution is 2.46. The highest BCUT2D eigenvalue weighted by atomic mass is 16.5. The quantitative estimate of drug-likeness (QED) is 0.542. The number of aliphatic carboxylic acids is 1. The Morgan fingerprint density at radius 3 is 2.50 bits per heavy atom. The van der Waals surface area contributed by atoms with E-state index in [1.54, 1.807) is 69.2 Å². The molecule has 10 heteroatoms. The molecule has 1 aliphatic heterocycles. The Kier molecular flexibility index (Phi) is 5.52. The van der Waals surface area contributed by atoms with E-state index in [1.165, 1.54) is 6.92 Å². The first kappa shape index (κ1) is 23.5. The van der Waals surface area contributed by atoms with Crippen LogP contribution in [0.3, 0.4) is 0 Å². The van der Waals surface area contributed by atoms with Crippen LogP contribution >= 0.6 is 0 Å². The fourth-order valence-corrected chi connectivity index (χ4v) is 5.18. The number of fused-ring (bicyclic) bond motifs is 1. The number of methoxy groups -OCH3 is 1. The molecule has 0 saturated carbocycles. The Morgan fingerprint density at radius 1 is 1.24 bits per heavy atom. The molecule has 1 amide bonds. The number of likely N-dealkylation sites (tertiary alicyclic amines) is 1. The fraction of sp³-hybridized carbons (Fsp3) is 0.417. The summed E-state index contributed by atoms with van der Waals surface area (Å²) in [6, 6.07) is 8.88. The van der Waals surface area contributed by atoms with E-state index in [2.05, 4.69) is 10.1 Å². The number of nitrogens with zero attached hydrogens (tertiary/aromatic N) is 4. The SMILES string of the molecule is COc1ccc2c(O[C@@H]3C[C@@](C)(C(=O)O)[N+](C(=O)O)(C(C)(C)C)C3)cc(-n3cccn3)nc2c1. The maximum absolute atomic E-state index is 12.6. The van der Waals surface area contributed by atoms with Gasteiger partial charge in [-0.3, -0.25) is 0 Å². The lowest BCUT2D eigenvalue weighted by Crippen LogP contribution is -2.73. The van der Waals surface area contributed by atoms with Gasteiger partial charge in [0.25, 0.3) is 0 Å². The normalized spacial score (nSPS) is 24.8. The summed E-state index contributed by atoms with van der Waals surface area (Å²) in [6.07, 6.45) is 1.57. The minimum absolute atomic E-state index is 0.00128. The van der Waals surface area contributed by atoms with Crippen LogP contribution in [0.2, 0.25) is 0 Å². The zero-order chi connectivity index (χ0) is 24.9. The van der Waals surface area contributed by atoms with Crippen molar-refractivity contribution >= 4 is 23.0 Å². The van der Waals surface area contributed by atoms with Crippen molar-refractivity contribution in [2.45, 2.75) is 51.3 Å². The molecule has 0 bridgehead atoms. The molecule has 3 heterocycles. The predicted molar refractivity (Wildman–Crippen MR) is 123 cm³/mol. The summed E-state index contributed by atoms with van der Waals surface area (Å²) >= 11 is 0. The van der Waals surface area contributed by atoms with Crippen LogP contribution in [0.5, 0.6) is 11.5 Å². The zero-order valence-electron chi connectivity index (χ0n) is 19.8. The Bertz CT molecular complexity index is 1250. The molecule has 1 unspecified atom stereocenters. The zero-order valence-corrected chi connectivity index (χ0v) is 19.8. The van der Waals surface area contributed by atoms with E-state index in [-0.39, 0.29) is 13.0 Å². The van der Waals surface area contributed by atoms with E-state index in [0.29, 0.717) is 28.2 Å². The molecule has 180 valence electrons. The molecular weight excluding hydrogens is 440 g/mol. The topological polar surface area (TPSA) is 124 Å². The van der Waals surface area contributed by atoms with Crippen molar-refractivity contribution in [3.8, 4) is 17.3 Å². The molecule has 1 fully saturated rings. The molecule has 3 atom stereocenters. The van der Waals surface area contributed by atoms with Crippen molar-refractivity contribution in [3.63, 3.8) is 0 Å².